The quantitative estimate of drug-likeness (QED) is 0.712. The number of aliphatic hydroxyl groups is 1. The van der Waals surface area contributed by atoms with Crippen molar-refractivity contribution < 1.29 is 5.11 Å². The SMILES string of the molecule is OC1CCCCC1c1ccccn1. The van der Waals surface area contributed by atoms with Gasteiger partial charge in [-0.2, -0.15) is 0 Å². The first kappa shape index (κ1) is 8.70. The highest BCUT2D eigenvalue weighted by molar-refractivity contribution is 5.11. The van der Waals surface area contributed by atoms with Crippen molar-refractivity contribution in [1.82, 2.24) is 4.98 Å². The van der Waals surface area contributed by atoms with Crippen LogP contribution in [0.5, 0.6) is 0 Å². The van der Waals surface area contributed by atoms with Gasteiger partial charge in [-0.05, 0) is 25.0 Å². The summed E-state index contributed by atoms with van der Waals surface area (Å²) >= 11 is 0. The summed E-state index contributed by atoms with van der Waals surface area (Å²) in [5, 5.41) is 9.78. The Morgan fingerprint density at radius 2 is 2.08 bits per heavy atom. The zero-order valence-corrected chi connectivity index (χ0v) is 7.69. The normalized spacial score (nSPS) is 28.7. The second kappa shape index (κ2) is 3.88. The highest BCUT2D eigenvalue weighted by Crippen LogP contribution is 2.31. The molecule has 1 N–H and O–H groups in total. The van der Waals surface area contributed by atoms with Gasteiger partial charge in [0.2, 0.25) is 0 Å². The van der Waals surface area contributed by atoms with Crippen molar-refractivity contribution in [3.63, 3.8) is 0 Å². The molecule has 1 fully saturated rings. The fraction of sp³-hybridized carbons (Fsp3) is 0.545. The van der Waals surface area contributed by atoms with Gasteiger partial charge < -0.3 is 5.11 Å². The second-order valence-corrected chi connectivity index (χ2v) is 3.71. The van der Waals surface area contributed by atoms with E-state index in [-0.39, 0.29) is 12.0 Å². The van der Waals surface area contributed by atoms with Crippen molar-refractivity contribution in [3.8, 4) is 0 Å². The molecule has 0 saturated heterocycles. The summed E-state index contributed by atoms with van der Waals surface area (Å²) in [5.74, 6) is 0.273. The van der Waals surface area contributed by atoms with Gasteiger partial charge >= 0.3 is 0 Å². The Morgan fingerprint density at radius 1 is 1.23 bits per heavy atom. The first-order valence-electron chi connectivity index (χ1n) is 4.97. The molecule has 0 bridgehead atoms. The lowest BCUT2D eigenvalue weighted by molar-refractivity contribution is 0.104. The van der Waals surface area contributed by atoms with Gasteiger partial charge in [0.1, 0.15) is 0 Å². The van der Waals surface area contributed by atoms with Gasteiger partial charge in [-0.25, -0.2) is 0 Å². The smallest absolute Gasteiger partial charge is 0.0623 e. The topological polar surface area (TPSA) is 33.1 Å². The third-order valence-electron chi connectivity index (χ3n) is 2.80. The molecule has 1 aromatic heterocycles. The monoisotopic (exact) mass is 177 g/mol. The molecule has 13 heavy (non-hydrogen) atoms. The number of aromatic nitrogens is 1. The van der Waals surface area contributed by atoms with Gasteiger partial charge in [-0.3, -0.25) is 4.98 Å². The maximum atomic E-state index is 9.78. The third kappa shape index (κ3) is 1.89. The minimum atomic E-state index is -0.177. The molecule has 0 spiro atoms. The molecule has 2 rings (SSSR count). The molecule has 1 heterocycles. The molecule has 70 valence electrons. The van der Waals surface area contributed by atoms with E-state index in [4.69, 9.17) is 0 Å². The van der Waals surface area contributed by atoms with E-state index in [1.807, 2.05) is 18.2 Å². The molecule has 0 aromatic carbocycles. The van der Waals surface area contributed by atoms with Crippen LogP contribution >= 0.6 is 0 Å². The Labute approximate surface area is 78.6 Å². The van der Waals surface area contributed by atoms with Crippen molar-refractivity contribution >= 4 is 0 Å². The minimum absolute atomic E-state index is 0.177. The standard InChI is InChI=1S/C11H15NO/c13-11-7-2-1-5-9(11)10-6-3-4-8-12-10/h3-4,6,8-9,11,13H,1-2,5,7H2. The first-order chi connectivity index (χ1) is 6.38. The van der Waals surface area contributed by atoms with Crippen LogP contribution in [0.2, 0.25) is 0 Å². The molecule has 2 heteroatoms. The van der Waals surface area contributed by atoms with Crippen LogP contribution in [0.15, 0.2) is 24.4 Å². The van der Waals surface area contributed by atoms with Crippen molar-refractivity contribution in [1.29, 1.82) is 0 Å². The Balaban J connectivity index is 2.15. The molecule has 1 aromatic rings. The van der Waals surface area contributed by atoms with Crippen LogP contribution in [0.3, 0.4) is 0 Å². The predicted molar refractivity (Wildman–Crippen MR) is 51.5 cm³/mol. The molecule has 0 amide bonds. The lowest BCUT2D eigenvalue weighted by atomic mass is 9.84. The number of aliphatic hydroxyl groups excluding tert-OH is 1. The number of rotatable bonds is 1. The van der Waals surface area contributed by atoms with E-state index in [1.165, 1.54) is 6.42 Å². The van der Waals surface area contributed by atoms with Gasteiger partial charge in [0.25, 0.3) is 0 Å². The van der Waals surface area contributed by atoms with E-state index in [9.17, 15) is 5.11 Å². The summed E-state index contributed by atoms with van der Waals surface area (Å²) in [6.45, 7) is 0. The zero-order chi connectivity index (χ0) is 9.10. The summed E-state index contributed by atoms with van der Waals surface area (Å²) in [6.07, 6.45) is 6.02. The van der Waals surface area contributed by atoms with Crippen LogP contribution < -0.4 is 0 Å². The Morgan fingerprint density at radius 3 is 2.77 bits per heavy atom. The van der Waals surface area contributed by atoms with Crippen molar-refractivity contribution in [2.24, 2.45) is 0 Å². The van der Waals surface area contributed by atoms with Crippen LogP contribution in [0, 0.1) is 0 Å². The molecule has 0 aliphatic heterocycles. The van der Waals surface area contributed by atoms with Gasteiger partial charge in [-0.1, -0.05) is 18.9 Å². The van der Waals surface area contributed by atoms with Crippen LogP contribution in [0.25, 0.3) is 0 Å². The summed E-state index contributed by atoms with van der Waals surface area (Å²) in [6, 6.07) is 5.92. The Kier molecular flexibility index (Phi) is 2.60. The third-order valence-corrected chi connectivity index (χ3v) is 2.80. The molecular weight excluding hydrogens is 162 g/mol. The van der Waals surface area contributed by atoms with Crippen molar-refractivity contribution in [2.75, 3.05) is 0 Å². The highest BCUT2D eigenvalue weighted by Gasteiger charge is 2.24. The predicted octanol–water partition coefficient (Wildman–Crippen LogP) is 2.10. The van der Waals surface area contributed by atoms with Gasteiger partial charge in [0, 0.05) is 17.8 Å². The summed E-state index contributed by atoms with van der Waals surface area (Å²) in [7, 11) is 0. The largest absolute Gasteiger partial charge is 0.392 e. The number of hydrogen-bond acceptors (Lipinski definition) is 2. The average molecular weight is 177 g/mol. The van der Waals surface area contributed by atoms with E-state index in [2.05, 4.69) is 4.98 Å². The maximum Gasteiger partial charge on any atom is 0.0623 e. The Hall–Kier alpha value is -0.890. The molecule has 0 radical (unpaired) electrons. The van der Waals surface area contributed by atoms with E-state index in [0.29, 0.717) is 0 Å². The first-order valence-corrected chi connectivity index (χ1v) is 4.97. The highest BCUT2D eigenvalue weighted by atomic mass is 16.3. The van der Waals surface area contributed by atoms with E-state index in [0.717, 1.165) is 25.0 Å². The van der Waals surface area contributed by atoms with Crippen LogP contribution in [-0.4, -0.2) is 16.2 Å². The Bertz CT molecular complexity index is 260. The second-order valence-electron chi connectivity index (χ2n) is 3.71. The molecule has 1 aliphatic carbocycles. The fourth-order valence-electron chi connectivity index (χ4n) is 2.05. The summed E-state index contributed by atoms with van der Waals surface area (Å²) < 4.78 is 0. The van der Waals surface area contributed by atoms with Crippen molar-refractivity contribution in [3.05, 3.63) is 30.1 Å². The van der Waals surface area contributed by atoms with E-state index < -0.39 is 0 Å². The lowest BCUT2D eigenvalue weighted by Gasteiger charge is -2.26. The molecule has 2 unspecified atom stereocenters. The van der Waals surface area contributed by atoms with E-state index >= 15 is 0 Å². The molecule has 2 nitrogen and oxygen atoms in total. The van der Waals surface area contributed by atoms with Crippen LogP contribution in [0.4, 0.5) is 0 Å². The van der Waals surface area contributed by atoms with Crippen LogP contribution in [0.1, 0.15) is 37.3 Å². The summed E-state index contributed by atoms with van der Waals surface area (Å²) in [5.41, 5.74) is 1.05. The van der Waals surface area contributed by atoms with Crippen molar-refractivity contribution in [2.45, 2.75) is 37.7 Å². The zero-order valence-electron chi connectivity index (χ0n) is 7.69. The molecular formula is C11H15NO. The number of hydrogen-bond donors (Lipinski definition) is 1. The number of pyridine rings is 1. The maximum absolute atomic E-state index is 9.78. The van der Waals surface area contributed by atoms with Gasteiger partial charge in [0.15, 0.2) is 0 Å². The molecule has 1 aliphatic rings. The molecule has 1 saturated carbocycles. The lowest BCUT2D eigenvalue weighted by Crippen LogP contribution is -2.23. The molecule has 2 atom stereocenters. The van der Waals surface area contributed by atoms with Gasteiger partial charge in [0.05, 0.1) is 6.10 Å². The fourth-order valence-corrected chi connectivity index (χ4v) is 2.05. The van der Waals surface area contributed by atoms with Gasteiger partial charge in [-0.15, -0.1) is 0 Å². The van der Waals surface area contributed by atoms with Crippen LogP contribution in [-0.2, 0) is 0 Å². The average Bonchev–Trinajstić information content (AvgIpc) is 2.20. The number of nitrogens with zero attached hydrogens (tertiary/aromatic N) is 1. The summed E-state index contributed by atoms with van der Waals surface area (Å²) in [4.78, 5) is 4.29. The van der Waals surface area contributed by atoms with E-state index in [1.54, 1.807) is 6.20 Å². The minimum Gasteiger partial charge on any atom is -0.392 e.